The Morgan fingerprint density at radius 2 is 1.23 bits per heavy atom. The molecule has 0 aliphatic heterocycles. The summed E-state index contributed by atoms with van der Waals surface area (Å²) < 4.78 is 29.4. The summed E-state index contributed by atoms with van der Waals surface area (Å²) >= 11 is 0. The molecule has 0 amide bonds. The van der Waals surface area contributed by atoms with Crippen LogP contribution in [0.5, 0.6) is 0 Å². The van der Waals surface area contributed by atoms with Crippen molar-refractivity contribution in [1.29, 1.82) is 0 Å². The van der Waals surface area contributed by atoms with Gasteiger partial charge in [-0.25, -0.2) is 0 Å². The van der Waals surface area contributed by atoms with Gasteiger partial charge in [0, 0.05) is 0 Å². The smallest absolute Gasteiger partial charge is 0.270 e. The molecule has 0 spiro atoms. The summed E-state index contributed by atoms with van der Waals surface area (Å²) in [7, 11) is -2.54. The SMILES string of the molecule is CCc1c(C)cc(-c2cc(C)c(Cc3ccccc3S(=O)(=O)OC)c(C)c2)cc1C. The van der Waals surface area contributed by atoms with E-state index in [0.29, 0.717) is 6.42 Å². The van der Waals surface area contributed by atoms with Crippen LogP contribution >= 0.6 is 0 Å². The van der Waals surface area contributed by atoms with Crippen LogP contribution in [0.2, 0.25) is 0 Å². The van der Waals surface area contributed by atoms with Crippen molar-refractivity contribution in [2.75, 3.05) is 7.11 Å². The second kappa shape index (κ2) is 8.75. The molecule has 0 fully saturated rings. The highest BCUT2D eigenvalue weighted by Gasteiger charge is 2.19. The number of benzene rings is 3. The van der Waals surface area contributed by atoms with E-state index >= 15 is 0 Å². The molecule has 0 aromatic heterocycles. The van der Waals surface area contributed by atoms with Crippen molar-refractivity contribution in [3.63, 3.8) is 0 Å². The Bertz CT molecular complexity index is 1140. The minimum absolute atomic E-state index is 0.233. The molecule has 3 aromatic rings. The highest BCUT2D eigenvalue weighted by molar-refractivity contribution is 7.86. The van der Waals surface area contributed by atoms with E-state index in [1.54, 1.807) is 12.1 Å². The van der Waals surface area contributed by atoms with E-state index in [9.17, 15) is 8.42 Å². The van der Waals surface area contributed by atoms with Crippen LogP contribution in [0.15, 0.2) is 53.4 Å². The molecule has 0 atom stereocenters. The Morgan fingerprint density at radius 1 is 0.767 bits per heavy atom. The zero-order chi connectivity index (χ0) is 22.1. The molecule has 3 rings (SSSR count). The van der Waals surface area contributed by atoms with Gasteiger partial charge in [0.25, 0.3) is 10.1 Å². The molecule has 0 bridgehead atoms. The summed E-state index contributed by atoms with van der Waals surface area (Å²) in [5, 5.41) is 0. The molecule has 30 heavy (non-hydrogen) atoms. The molecular formula is C26H30O3S. The van der Waals surface area contributed by atoms with Crippen molar-refractivity contribution in [3.05, 3.63) is 87.5 Å². The first kappa shape index (κ1) is 22.3. The van der Waals surface area contributed by atoms with Gasteiger partial charge in [-0.2, -0.15) is 8.42 Å². The van der Waals surface area contributed by atoms with Crippen molar-refractivity contribution in [2.24, 2.45) is 0 Å². The van der Waals surface area contributed by atoms with E-state index < -0.39 is 10.1 Å². The molecule has 3 nitrogen and oxygen atoms in total. The topological polar surface area (TPSA) is 43.4 Å². The molecule has 4 heteroatoms. The lowest BCUT2D eigenvalue weighted by molar-refractivity contribution is 0.397. The molecule has 0 radical (unpaired) electrons. The van der Waals surface area contributed by atoms with E-state index in [4.69, 9.17) is 4.18 Å². The quantitative estimate of drug-likeness (QED) is 0.452. The molecule has 0 aliphatic carbocycles. The predicted molar refractivity (Wildman–Crippen MR) is 124 cm³/mol. The fourth-order valence-corrected chi connectivity index (χ4v) is 5.22. The summed E-state index contributed by atoms with van der Waals surface area (Å²) in [5.74, 6) is 0. The number of hydrogen-bond donors (Lipinski definition) is 0. The standard InChI is InChI=1S/C26H30O3S/c1-7-24-17(2)12-22(13-18(24)3)23-14-19(4)25(20(5)15-23)16-21-10-8-9-11-26(21)30(27,28)29-6/h8-15H,7,16H2,1-6H3. The van der Waals surface area contributed by atoms with E-state index in [-0.39, 0.29) is 4.90 Å². The fourth-order valence-electron chi connectivity index (χ4n) is 4.33. The second-order valence-corrected chi connectivity index (χ2v) is 9.62. The maximum absolute atomic E-state index is 12.3. The lowest BCUT2D eigenvalue weighted by atomic mass is 9.89. The van der Waals surface area contributed by atoms with E-state index in [1.807, 2.05) is 12.1 Å². The third-order valence-electron chi connectivity index (χ3n) is 5.91. The van der Waals surface area contributed by atoms with Crippen LogP contribution in [0.25, 0.3) is 11.1 Å². The molecule has 0 aliphatic rings. The Morgan fingerprint density at radius 3 is 1.70 bits per heavy atom. The average molecular weight is 423 g/mol. The minimum Gasteiger partial charge on any atom is -0.270 e. The Labute approximate surface area is 180 Å². The molecule has 0 N–H and O–H groups in total. The van der Waals surface area contributed by atoms with E-state index in [2.05, 4.69) is 58.9 Å². The van der Waals surface area contributed by atoms with Gasteiger partial charge < -0.3 is 0 Å². The lowest BCUT2D eigenvalue weighted by Crippen LogP contribution is -2.08. The lowest BCUT2D eigenvalue weighted by Gasteiger charge is -2.17. The molecule has 0 saturated heterocycles. The van der Waals surface area contributed by atoms with Crippen LogP contribution in [0.3, 0.4) is 0 Å². The molecule has 3 aromatic carbocycles. The summed E-state index contributed by atoms with van der Waals surface area (Å²) in [6, 6.07) is 16.0. The van der Waals surface area contributed by atoms with Gasteiger partial charge in [0.2, 0.25) is 0 Å². The van der Waals surface area contributed by atoms with Gasteiger partial charge in [-0.1, -0.05) is 49.4 Å². The third-order valence-corrected chi connectivity index (χ3v) is 7.28. The molecule has 0 saturated carbocycles. The third kappa shape index (κ3) is 4.35. The van der Waals surface area contributed by atoms with Gasteiger partial charge in [0.1, 0.15) is 0 Å². The first-order valence-electron chi connectivity index (χ1n) is 10.3. The first-order valence-corrected chi connectivity index (χ1v) is 11.7. The monoisotopic (exact) mass is 422 g/mol. The Balaban J connectivity index is 2.04. The van der Waals surface area contributed by atoms with E-state index in [1.165, 1.54) is 34.9 Å². The predicted octanol–water partition coefficient (Wildman–Crippen LogP) is 6.08. The average Bonchev–Trinajstić information content (AvgIpc) is 2.70. The molecule has 0 heterocycles. The maximum atomic E-state index is 12.3. The van der Waals surface area contributed by atoms with Gasteiger partial charge in [-0.15, -0.1) is 0 Å². The normalized spacial score (nSPS) is 11.7. The molecule has 158 valence electrons. The first-order chi connectivity index (χ1) is 14.2. The van der Waals surface area contributed by atoms with Crippen LogP contribution in [-0.2, 0) is 27.1 Å². The summed E-state index contributed by atoms with van der Waals surface area (Å²) in [6.07, 6.45) is 1.59. The zero-order valence-corrected chi connectivity index (χ0v) is 19.5. The van der Waals surface area contributed by atoms with Crippen LogP contribution in [-0.4, -0.2) is 15.5 Å². The van der Waals surface area contributed by atoms with Gasteiger partial charge in [-0.3, -0.25) is 4.18 Å². The largest absolute Gasteiger partial charge is 0.296 e. The van der Waals surface area contributed by atoms with Crippen molar-refractivity contribution in [2.45, 2.75) is 52.4 Å². The van der Waals surface area contributed by atoms with Gasteiger partial charge in [-0.05, 0) is 96.7 Å². The Kier molecular flexibility index (Phi) is 6.49. The molecular weight excluding hydrogens is 392 g/mol. The van der Waals surface area contributed by atoms with Crippen LogP contribution in [0.1, 0.15) is 45.9 Å². The fraction of sp³-hybridized carbons (Fsp3) is 0.308. The molecule has 0 unspecified atom stereocenters. The highest BCUT2D eigenvalue weighted by atomic mass is 32.2. The van der Waals surface area contributed by atoms with E-state index in [0.717, 1.165) is 28.7 Å². The Hall–Kier alpha value is -2.43. The van der Waals surface area contributed by atoms with Crippen molar-refractivity contribution in [3.8, 4) is 11.1 Å². The number of rotatable bonds is 6. The van der Waals surface area contributed by atoms with Gasteiger partial charge >= 0.3 is 0 Å². The minimum atomic E-state index is -3.74. The van der Waals surface area contributed by atoms with Crippen LogP contribution in [0.4, 0.5) is 0 Å². The summed E-state index contributed by atoms with van der Waals surface area (Å²) in [6.45, 7) is 10.7. The second-order valence-electron chi connectivity index (χ2n) is 7.94. The van der Waals surface area contributed by atoms with Crippen molar-refractivity contribution >= 4 is 10.1 Å². The van der Waals surface area contributed by atoms with Crippen molar-refractivity contribution < 1.29 is 12.6 Å². The summed E-state index contributed by atoms with van der Waals surface area (Å²) in [5.41, 5.74) is 10.7. The van der Waals surface area contributed by atoms with Crippen LogP contribution in [0, 0.1) is 27.7 Å². The van der Waals surface area contributed by atoms with Gasteiger partial charge in [0.15, 0.2) is 0 Å². The zero-order valence-electron chi connectivity index (χ0n) is 18.7. The number of aryl methyl sites for hydroxylation is 4. The number of hydrogen-bond acceptors (Lipinski definition) is 3. The van der Waals surface area contributed by atoms with Gasteiger partial charge in [0.05, 0.1) is 12.0 Å². The van der Waals surface area contributed by atoms with Crippen molar-refractivity contribution in [1.82, 2.24) is 0 Å². The maximum Gasteiger partial charge on any atom is 0.296 e. The van der Waals surface area contributed by atoms with Crippen LogP contribution < -0.4 is 0 Å². The summed E-state index contributed by atoms with van der Waals surface area (Å²) in [4.78, 5) is 0.233. The highest BCUT2D eigenvalue weighted by Crippen LogP contribution is 2.31.